The fourth-order valence-corrected chi connectivity index (χ4v) is 3.81. The van der Waals surface area contributed by atoms with Gasteiger partial charge in [0.05, 0.1) is 0 Å². The topological polar surface area (TPSA) is 50.4 Å². The van der Waals surface area contributed by atoms with E-state index in [0.29, 0.717) is 12.1 Å². The zero-order valence-corrected chi connectivity index (χ0v) is 14.9. The molecule has 2 rings (SSSR count). The van der Waals surface area contributed by atoms with E-state index in [4.69, 9.17) is 4.74 Å². The van der Waals surface area contributed by atoms with Crippen molar-refractivity contribution in [1.29, 1.82) is 0 Å². The molecule has 2 aliphatic rings. The van der Waals surface area contributed by atoms with Crippen LogP contribution in [0.3, 0.4) is 0 Å². The average Bonchev–Trinajstić information content (AvgIpc) is 2.34. The van der Waals surface area contributed by atoms with Crippen LogP contribution >= 0.6 is 0 Å². The highest BCUT2D eigenvalue weighted by molar-refractivity contribution is 5.68. The maximum Gasteiger partial charge on any atom is 0.407 e. The molecule has 1 amide bonds. The quantitative estimate of drug-likeness (QED) is 0.829. The van der Waals surface area contributed by atoms with E-state index >= 15 is 0 Å². The lowest BCUT2D eigenvalue weighted by Crippen LogP contribution is -2.57. The highest BCUT2D eigenvalue weighted by Crippen LogP contribution is 2.32. The monoisotopic (exact) mass is 310 g/mol. The van der Waals surface area contributed by atoms with Crippen LogP contribution in [0.25, 0.3) is 0 Å². The van der Waals surface area contributed by atoms with Crippen molar-refractivity contribution in [2.24, 2.45) is 11.8 Å². The minimum Gasteiger partial charge on any atom is -0.444 e. The van der Waals surface area contributed by atoms with E-state index in [0.717, 1.165) is 24.7 Å². The Morgan fingerprint density at radius 2 is 1.73 bits per heavy atom. The predicted octanol–water partition coefficient (Wildman–Crippen LogP) is 3.85. The van der Waals surface area contributed by atoms with Crippen molar-refractivity contribution in [3.8, 4) is 0 Å². The molecule has 2 N–H and O–H groups in total. The molecule has 128 valence electrons. The third-order valence-electron chi connectivity index (χ3n) is 4.98. The molecule has 22 heavy (non-hydrogen) atoms. The summed E-state index contributed by atoms with van der Waals surface area (Å²) in [6.45, 7) is 10.4. The van der Waals surface area contributed by atoms with Crippen molar-refractivity contribution in [2.45, 2.75) is 96.9 Å². The average molecular weight is 310 g/mol. The molecule has 2 unspecified atom stereocenters. The lowest BCUT2D eigenvalue weighted by Gasteiger charge is -2.43. The molecular formula is C18H34N2O2. The molecule has 2 saturated carbocycles. The van der Waals surface area contributed by atoms with Gasteiger partial charge in [0, 0.05) is 18.1 Å². The maximum absolute atomic E-state index is 11.7. The Labute approximate surface area is 135 Å². The second kappa shape index (κ2) is 7.20. The number of hydrogen-bond acceptors (Lipinski definition) is 3. The Morgan fingerprint density at radius 3 is 2.32 bits per heavy atom. The van der Waals surface area contributed by atoms with Gasteiger partial charge in [-0.3, -0.25) is 0 Å². The van der Waals surface area contributed by atoms with Crippen molar-refractivity contribution < 1.29 is 9.53 Å². The van der Waals surface area contributed by atoms with E-state index in [-0.39, 0.29) is 12.1 Å². The fourth-order valence-electron chi connectivity index (χ4n) is 3.81. The molecule has 0 aliphatic heterocycles. The lowest BCUT2D eigenvalue weighted by molar-refractivity contribution is 0.0456. The number of carbonyl (C=O) groups excluding carboxylic acids is 1. The zero-order valence-electron chi connectivity index (χ0n) is 14.9. The van der Waals surface area contributed by atoms with Gasteiger partial charge in [0.1, 0.15) is 5.60 Å². The SMILES string of the molecule is CC(C)C1CCCCC1NC1CC(NC(=O)OC(C)(C)C)C1. The Balaban J connectivity index is 1.69. The van der Waals surface area contributed by atoms with Crippen LogP contribution in [0.1, 0.15) is 73.1 Å². The molecule has 2 atom stereocenters. The van der Waals surface area contributed by atoms with Gasteiger partial charge in [-0.15, -0.1) is 0 Å². The fraction of sp³-hybridized carbons (Fsp3) is 0.944. The summed E-state index contributed by atoms with van der Waals surface area (Å²) in [5, 5.41) is 6.82. The van der Waals surface area contributed by atoms with Crippen LogP contribution in [0.2, 0.25) is 0 Å². The molecule has 0 spiro atoms. The van der Waals surface area contributed by atoms with Gasteiger partial charge in [0.2, 0.25) is 0 Å². The number of alkyl carbamates (subject to hydrolysis) is 1. The summed E-state index contributed by atoms with van der Waals surface area (Å²) in [4.78, 5) is 11.7. The molecule has 4 nitrogen and oxygen atoms in total. The van der Waals surface area contributed by atoms with Crippen molar-refractivity contribution in [1.82, 2.24) is 10.6 Å². The number of nitrogens with one attached hydrogen (secondary N) is 2. The third-order valence-corrected chi connectivity index (χ3v) is 4.98. The normalized spacial score (nSPS) is 32.5. The minimum absolute atomic E-state index is 0.272. The van der Waals surface area contributed by atoms with E-state index in [9.17, 15) is 4.79 Å². The summed E-state index contributed by atoms with van der Waals surface area (Å²) in [5.74, 6) is 1.57. The van der Waals surface area contributed by atoms with Gasteiger partial charge in [-0.25, -0.2) is 4.79 Å². The number of ether oxygens (including phenoxy) is 1. The summed E-state index contributed by atoms with van der Waals surface area (Å²) < 4.78 is 5.31. The van der Waals surface area contributed by atoms with E-state index in [1.807, 2.05) is 20.8 Å². The molecule has 0 aromatic rings. The van der Waals surface area contributed by atoms with Gasteiger partial charge in [-0.2, -0.15) is 0 Å². The lowest BCUT2D eigenvalue weighted by atomic mass is 9.76. The number of amides is 1. The third kappa shape index (κ3) is 5.15. The summed E-state index contributed by atoms with van der Waals surface area (Å²) >= 11 is 0. The molecule has 0 radical (unpaired) electrons. The van der Waals surface area contributed by atoms with Crippen LogP contribution in [0.15, 0.2) is 0 Å². The highest BCUT2D eigenvalue weighted by atomic mass is 16.6. The predicted molar refractivity (Wildman–Crippen MR) is 89.9 cm³/mol. The second-order valence-corrected chi connectivity index (χ2v) is 8.48. The van der Waals surface area contributed by atoms with Crippen molar-refractivity contribution >= 4 is 6.09 Å². The largest absolute Gasteiger partial charge is 0.444 e. The molecule has 0 saturated heterocycles. The molecule has 4 heteroatoms. The van der Waals surface area contributed by atoms with Crippen LogP contribution < -0.4 is 10.6 Å². The smallest absolute Gasteiger partial charge is 0.407 e. The van der Waals surface area contributed by atoms with E-state index in [1.165, 1.54) is 25.7 Å². The van der Waals surface area contributed by atoms with E-state index in [1.54, 1.807) is 0 Å². The molecule has 0 bridgehead atoms. The molecule has 2 fully saturated rings. The first kappa shape index (κ1) is 17.6. The Hall–Kier alpha value is -0.770. The van der Waals surface area contributed by atoms with Gasteiger partial charge in [-0.05, 0) is 58.3 Å². The van der Waals surface area contributed by atoms with Crippen LogP contribution in [0.5, 0.6) is 0 Å². The van der Waals surface area contributed by atoms with Gasteiger partial charge >= 0.3 is 6.09 Å². The Kier molecular flexibility index (Phi) is 5.76. The van der Waals surface area contributed by atoms with E-state index < -0.39 is 5.60 Å². The van der Waals surface area contributed by atoms with Gasteiger partial charge in [-0.1, -0.05) is 26.7 Å². The van der Waals surface area contributed by atoms with Crippen LogP contribution in [-0.2, 0) is 4.74 Å². The van der Waals surface area contributed by atoms with Crippen molar-refractivity contribution in [3.63, 3.8) is 0 Å². The van der Waals surface area contributed by atoms with Crippen molar-refractivity contribution in [2.75, 3.05) is 0 Å². The summed E-state index contributed by atoms with van der Waals surface area (Å²) in [5.41, 5.74) is -0.419. The summed E-state index contributed by atoms with van der Waals surface area (Å²) in [7, 11) is 0. The van der Waals surface area contributed by atoms with Gasteiger partial charge < -0.3 is 15.4 Å². The van der Waals surface area contributed by atoms with Crippen LogP contribution in [0.4, 0.5) is 4.79 Å². The number of rotatable bonds is 4. The number of carbonyl (C=O) groups is 1. The van der Waals surface area contributed by atoms with Gasteiger partial charge in [0.25, 0.3) is 0 Å². The van der Waals surface area contributed by atoms with Crippen molar-refractivity contribution in [3.05, 3.63) is 0 Å². The summed E-state index contributed by atoms with van der Waals surface area (Å²) in [6.07, 6.45) is 7.18. The maximum atomic E-state index is 11.7. The molecule has 0 aromatic heterocycles. The first-order valence-electron chi connectivity index (χ1n) is 9.00. The summed E-state index contributed by atoms with van der Waals surface area (Å²) in [6, 6.07) is 1.50. The van der Waals surface area contributed by atoms with Gasteiger partial charge in [0.15, 0.2) is 0 Å². The standard InChI is InChI=1S/C18H34N2O2/c1-12(2)15-8-6-7-9-16(15)19-13-10-14(11-13)20-17(21)22-18(3,4)5/h12-16,19H,6-11H2,1-5H3,(H,20,21). The molecule has 2 aliphatic carbocycles. The second-order valence-electron chi connectivity index (χ2n) is 8.48. The van der Waals surface area contributed by atoms with Crippen LogP contribution in [0, 0.1) is 11.8 Å². The minimum atomic E-state index is -0.419. The van der Waals surface area contributed by atoms with Crippen LogP contribution in [-0.4, -0.2) is 29.8 Å². The highest BCUT2D eigenvalue weighted by Gasteiger charge is 2.35. The Bertz CT molecular complexity index is 370. The number of hydrogen-bond donors (Lipinski definition) is 2. The first-order valence-corrected chi connectivity index (χ1v) is 9.00. The molecule has 0 heterocycles. The van der Waals surface area contributed by atoms with E-state index in [2.05, 4.69) is 24.5 Å². The molecule has 0 aromatic carbocycles. The Morgan fingerprint density at radius 1 is 1.09 bits per heavy atom. The molecular weight excluding hydrogens is 276 g/mol. The zero-order chi connectivity index (χ0) is 16.3. The first-order chi connectivity index (χ1) is 10.2.